The van der Waals surface area contributed by atoms with Gasteiger partial charge in [-0.3, -0.25) is 0 Å². The molecule has 0 unspecified atom stereocenters. The molecular formula is C12H15ClN2O3S. The highest BCUT2D eigenvalue weighted by molar-refractivity contribution is 7.89. The first-order valence-electron chi connectivity index (χ1n) is 6.23. The first-order valence-corrected chi connectivity index (χ1v) is 8.05. The van der Waals surface area contributed by atoms with Crippen molar-refractivity contribution in [2.75, 3.05) is 13.1 Å². The van der Waals surface area contributed by atoms with Crippen molar-refractivity contribution in [3.05, 3.63) is 23.2 Å². The predicted molar refractivity (Wildman–Crippen MR) is 71.8 cm³/mol. The van der Waals surface area contributed by atoms with Crippen molar-refractivity contribution in [2.45, 2.75) is 29.8 Å². The summed E-state index contributed by atoms with van der Waals surface area (Å²) >= 11 is 5.97. The molecule has 2 fully saturated rings. The largest absolute Gasteiger partial charge is 0.506 e. The van der Waals surface area contributed by atoms with Gasteiger partial charge in [-0.15, -0.1) is 0 Å². The summed E-state index contributed by atoms with van der Waals surface area (Å²) < 4.78 is 27.0. The number of sulfonamides is 1. The summed E-state index contributed by atoms with van der Waals surface area (Å²) in [6, 6.07) is 4.28. The number of nitrogens with zero attached hydrogens (tertiary/aromatic N) is 1. The summed E-state index contributed by atoms with van der Waals surface area (Å²) in [5.41, 5.74) is 0. The Labute approximate surface area is 117 Å². The number of halogens is 1. The van der Waals surface area contributed by atoms with Gasteiger partial charge in [0.25, 0.3) is 0 Å². The molecule has 0 saturated carbocycles. The number of phenolic OH excluding ortho intramolecular Hbond substituents is 1. The van der Waals surface area contributed by atoms with E-state index in [0.29, 0.717) is 13.1 Å². The molecule has 2 bridgehead atoms. The van der Waals surface area contributed by atoms with Crippen LogP contribution in [0.5, 0.6) is 5.75 Å². The summed E-state index contributed by atoms with van der Waals surface area (Å²) in [6.45, 7) is 1.31. The van der Waals surface area contributed by atoms with Crippen LogP contribution in [-0.2, 0) is 10.0 Å². The van der Waals surface area contributed by atoms with Crippen LogP contribution in [0, 0.1) is 0 Å². The van der Waals surface area contributed by atoms with Crippen LogP contribution in [0.2, 0.25) is 5.02 Å². The molecule has 2 aliphatic heterocycles. The Morgan fingerprint density at radius 3 is 2.47 bits per heavy atom. The summed E-state index contributed by atoms with van der Waals surface area (Å²) in [6.07, 6.45) is 1.70. The molecule has 0 amide bonds. The van der Waals surface area contributed by atoms with E-state index in [0.717, 1.165) is 12.8 Å². The van der Waals surface area contributed by atoms with Crippen molar-refractivity contribution in [2.24, 2.45) is 0 Å². The number of nitrogens with one attached hydrogen (secondary N) is 1. The van der Waals surface area contributed by atoms with Gasteiger partial charge in [0.15, 0.2) is 0 Å². The molecule has 0 aliphatic carbocycles. The Morgan fingerprint density at radius 2 is 1.89 bits per heavy atom. The molecule has 7 heteroatoms. The van der Waals surface area contributed by atoms with Crippen LogP contribution in [-0.4, -0.2) is 43.0 Å². The van der Waals surface area contributed by atoms with Crippen molar-refractivity contribution in [3.8, 4) is 5.75 Å². The van der Waals surface area contributed by atoms with Gasteiger partial charge in [-0.1, -0.05) is 17.7 Å². The van der Waals surface area contributed by atoms with Gasteiger partial charge in [0.1, 0.15) is 10.6 Å². The molecular weight excluding hydrogens is 288 g/mol. The normalized spacial score (nSPS) is 27.6. The van der Waals surface area contributed by atoms with E-state index in [1.807, 2.05) is 0 Å². The van der Waals surface area contributed by atoms with E-state index in [4.69, 9.17) is 11.6 Å². The maximum atomic E-state index is 12.7. The van der Waals surface area contributed by atoms with Crippen molar-refractivity contribution in [3.63, 3.8) is 0 Å². The third kappa shape index (κ3) is 2.03. The lowest BCUT2D eigenvalue weighted by Gasteiger charge is -2.34. The van der Waals surface area contributed by atoms with Gasteiger partial charge in [0.2, 0.25) is 10.0 Å². The third-order valence-corrected chi connectivity index (χ3v) is 6.32. The minimum absolute atomic E-state index is 0.0422. The van der Waals surface area contributed by atoms with Crippen LogP contribution < -0.4 is 5.32 Å². The maximum Gasteiger partial charge on any atom is 0.248 e. The van der Waals surface area contributed by atoms with Gasteiger partial charge in [-0.2, -0.15) is 4.31 Å². The van der Waals surface area contributed by atoms with E-state index in [1.54, 1.807) is 0 Å². The number of fused-ring (bicyclic) bond motifs is 2. The lowest BCUT2D eigenvalue weighted by molar-refractivity contribution is 0.262. The van der Waals surface area contributed by atoms with E-state index in [2.05, 4.69) is 5.32 Å². The molecule has 0 radical (unpaired) electrons. The molecule has 19 heavy (non-hydrogen) atoms. The predicted octanol–water partition coefficient (Wildman–Crippen LogP) is 1.17. The van der Waals surface area contributed by atoms with Crippen LogP contribution in [0.25, 0.3) is 0 Å². The fourth-order valence-electron chi connectivity index (χ4n) is 2.99. The molecule has 1 aromatic rings. The molecule has 1 aromatic carbocycles. The number of rotatable bonds is 2. The first-order chi connectivity index (χ1) is 9.01. The quantitative estimate of drug-likeness (QED) is 0.860. The zero-order chi connectivity index (χ0) is 13.6. The highest BCUT2D eigenvalue weighted by Crippen LogP contribution is 2.38. The second-order valence-corrected chi connectivity index (χ2v) is 7.15. The SMILES string of the molecule is O=S(=O)(c1c(O)cccc1Cl)N1[C@@H]2CC[C@H]1CNC2. The Kier molecular flexibility index (Phi) is 3.21. The van der Waals surface area contributed by atoms with E-state index < -0.39 is 10.0 Å². The van der Waals surface area contributed by atoms with Crippen LogP contribution in [0.1, 0.15) is 12.8 Å². The second kappa shape index (κ2) is 4.63. The third-order valence-electron chi connectivity index (χ3n) is 3.79. The van der Waals surface area contributed by atoms with E-state index in [-0.39, 0.29) is 27.8 Å². The van der Waals surface area contributed by atoms with E-state index in [9.17, 15) is 13.5 Å². The fourth-order valence-corrected chi connectivity index (χ4v) is 5.45. The molecule has 3 rings (SSSR count). The highest BCUT2D eigenvalue weighted by Gasteiger charge is 2.45. The fraction of sp³-hybridized carbons (Fsp3) is 0.500. The smallest absolute Gasteiger partial charge is 0.248 e. The average Bonchev–Trinajstić information content (AvgIpc) is 2.61. The summed E-state index contributed by atoms with van der Waals surface area (Å²) in [4.78, 5) is -0.171. The van der Waals surface area contributed by atoms with Gasteiger partial charge in [-0.25, -0.2) is 8.42 Å². The van der Waals surface area contributed by atoms with Crippen LogP contribution in [0.3, 0.4) is 0 Å². The van der Waals surface area contributed by atoms with E-state index >= 15 is 0 Å². The monoisotopic (exact) mass is 302 g/mol. The summed E-state index contributed by atoms with van der Waals surface area (Å²) in [5, 5.41) is 13.1. The first kappa shape index (κ1) is 13.2. The Morgan fingerprint density at radius 1 is 1.26 bits per heavy atom. The minimum Gasteiger partial charge on any atom is -0.506 e. The minimum atomic E-state index is -3.75. The number of hydrogen-bond acceptors (Lipinski definition) is 4. The highest BCUT2D eigenvalue weighted by atomic mass is 35.5. The second-order valence-electron chi connectivity index (χ2n) is 4.97. The van der Waals surface area contributed by atoms with Crippen LogP contribution in [0.15, 0.2) is 23.1 Å². The number of aromatic hydroxyl groups is 1. The summed E-state index contributed by atoms with van der Waals surface area (Å²) in [5.74, 6) is -0.287. The zero-order valence-corrected chi connectivity index (χ0v) is 11.8. The number of hydrogen-bond donors (Lipinski definition) is 2. The van der Waals surface area contributed by atoms with Crippen molar-refractivity contribution in [1.82, 2.24) is 9.62 Å². The molecule has 0 spiro atoms. The topological polar surface area (TPSA) is 69.6 Å². The van der Waals surface area contributed by atoms with Gasteiger partial charge in [0.05, 0.1) is 5.02 Å². The lowest BCUT2D eigenvalue weighted by atomic mass is 10.2. The molecule has 104 valence electrons. The molecule has 5 nitrogen and oxygen atoms in total. The maximum absolute atomic E-state index is 12.7. The average molecular weight is 303 g/mol. The summed E-state index contributed by atoms with van der Waals surface area (Å²) in [7, 11) is -3.75. The zero-order valence-electron chi connectivity index (χ0n) is 10.2. The Balaban J connectivity index is 2.09. The van der Waals surface area contributed by atoms with Crippen molar-refractivity contribution >= 4 is 21.6 Å². The molecule has 2 saturated heterocycles. The number of phenols is 1. The van der Waals surface area contributed by atoms with E-state index in [1.165, 1.54) is 22.5 Å². The molecule has 2 atom stereocenters. The molecule has 2 N–H and O–H groups in total. The van der Waals surface area contributed by atoms with Gasteiger partial charge in [-0.05, 0) is 25.0 Å². The number of benzene rings is 1. The number of piperazine rings is 1. The Hall–Kier alpha value is -0.820. The van der Waals surface area contributed by atoms with Gasteiger partial charge < -0.3 is 10.4 Å². The standard InChI is InChI=1S/C12H15ClN2O3S/c13-10-2-1-3-11(16)12(10)19(17,18)15-8-4-5-9(15)7-14-6-8/h1-3,8-9,14,16H,4-7H2/t8-,9+. The molecule has 2 heterocycles. The van der Waals surface area contributed by atoms with Crippen molar-refractivity contribution in [1.29, 1.82) is 0 Å². The molecule has 2 aliphatic rings. The van der Waals surface area contributed by atoms with Crippen LogP contribution in [0.4, 0.5) is 0 Å². The van der Waals surface area contributed by atoms with Gasteiger partial charge in [0, 0.05) is 25.2 Å². The Bertz CT molecular complexity index is 569. The lowest BCUT2D eigenvalue weighted by Crippen LogP contribution is -2.54. The van der Waals surface area contributed by atoms with Crippen molar-refractivity contribution < 1.29 is 13.5 Å². The van der Waals surface area contributed by atoms with Crippen LogP contribution >= 0.6 is 11.6 Å². The molecule has 0 aromatic heterocycles. The van der Waals surface area contributed by atoms with Gasteiger partial charge >= 0.3 is 0 Å².